The van der Waals surface area contributed by atoms with Crippen molar-refractivity contribution in [1.29, 1.82) is 0 Å². The summed E-state index contributed by atoms with van der Waals surface area (Å²) in [6, 6.07) is 16.9. The van der Waals surface area contributed by atoms with E-state index in [0.717, 1.165) is 5.52 Å². The average molecular weight is 400 g/mol. The molecule has 2 aromatic carbocycles. The van der Waals surface area contributed by atoms with Crippen molar-refractivity contribution >= 4 is 51.3 Å². The number of benzene rings is 2. The Morgan fingerprint density at radius 1 is 0.955 bits per heavy atom. The average Bonchev–Trinajstić information content (AvgIpc) is 2.53. The Kier molecular flexibility index (Phi) is 4.43. The van der Waals surface area contributed by atoms with Crippen LogP contribution in [-0.2, 0) is 0 Å². The standard InChI is InChI=1S/C19H17IN2/c1-22(2)17-8-4-14(5-9-17)3-6-15-11-12-21-19-10-7-16(20)13-18(15)19/h3-13H,1-2H3. The second-order valence-corrected chi connectivity index (χ2v) is 6.63. The van der Waals surface area contributed by atoms with E-state index in [4.69, 9.17) is 0 Å². The number of hydrogen-bond donors (Lipinski definition) is 0. The Morgan fingerprint density at radius 3 is 2.45 bits per heavy atom. The Labute approximate surface area is 144 Å². The zero-order chi connectivity index (χ0) is 15.5. The summed E-state index contributed by atoms with van der Waals surface area (Å²) in [6.07, 6.45) is 6.17. The molecule has 1 aromatic heterocycles. The van der Waals surface area contributed by atoms with Gasteiger partial charge in [0.2, 0.25) is 0 Å². The van der Waals surface area contributed by atoms with Gasteiger partial charge in [-0.3, -0.25) is 4.98 Å². The number of rotatable bonds is 3. The summed E-state index contributed by atoms with van der Waals surface area (Å²) in [7, 11) is 4.10. The highest BCUT2D eigenvalue weighted by Gasteiger charge is 2.00. The van der Waals surface area contributed by atoms with Crippen LogP contribution in [0.1, 0.15) is 11.1 Å². The highest BCUT2D eigenvalue weighted by atomic mass is 127. The fourth-order valence-electron chi connectivity index (χ4n) is 2.35. The molecular weight excluding hydrogens is 383 g/mol. The molecule has 2 nitrogen and oxygen atoms in total. The largest absolute Gasteiger partial charge is 0.378 e. The number of hydrogen-bond acceptors (Lipinski definition) is 2. The monoisotopic (exact) mass is 400 g/mol. The zero-order valence-corrected chi connectivity index (χ0v) is 14.8. The van der Waals surface area contributed by atoms with E-state index in [1.165, 1.54) is 25.8 Å². The van der Waals surface area contributed by atoms with Gasteiger partial charge in [-0.1, -0.05) is 24.3 Å². The number of anilines is 1. The first-order chi connectivity index (χ1) is 10.6. The minimum absolute atomic E-state index is 1.03. The van der Waals surface area contributed by atoms with E-state index >= 15 is 0 Å². The number of nitrogens with zero attached hydrogens (tertiary/aromatic N) is 2. The van der Waals surface area contributed by atoms with Crippen molar-refractivity contribution in [2.75, 3.05) is 19.0 Å². The molecule has 0 aliphatic rings. The Balaban J connectivity index is 1.93. The first-order valence-corrected chi connectivity index (χ1v) is 8.21. The van der Waals surface area contributed by atoms with Crippen LogP contribution in [0.4, 0.5) is 5.69 Å². The number of pyridine rings is 1. The molecule has 0 bridgehead atoms. The molecule has 110 valence electrons. The third-order valence-electron chi connectivity index (χ3n) is 3.60. The highest BCUT2D eigenvalue weighted by Crippen LogP contribution is 2.22. The van der Waals surface area contributed by atoms with Gasteiger partial charge in [0, 0.05) is 34.9 Å². The quantitative estimate of drug-likeness (QED) is 0.571. The Morgan fingerprint density at radius 2 is 1.73 bits per heavy atom. The van der Waals surface area contributed by atoms with Crippen LogP contribution in [0.3, 0.4) is 0 Å². The lowest BCUT2D eigenvalue weighted by atomic mass is 10.1. The van der Waals surface area contributed by atoms with Crippen molar-refractivity contribution < 1.29 is 0 Å². The summed E-state index contributed by atoms with van der Waals surface area (Å²) in [6.45, 7) is 0. The third-order valence-corrected chi connectivity index (χ3v) is 4.27. The van der Waals surface area contributed by atoms with Gasteiger partial charge in [-0.2, -0.15) is 0 Å². The van der Waals surface area contributed by atoms with Gasteiger partial charge in [-0.05, 0) is 70.1 Å². The van der Waals surface area contributed by atoms with Crippen LogP contribution in [0.25, 0.3) is 23.1 Å². The fourth-order valence-corrected chi connectivity index (χ4v) is 2.85. The van der Waals surface area contributed by atoms with Gasteiger partial charge in [-0.15, -0.1) is 0 Å². The van der Waals surface area contributed by atoms with E-state index in [1.54, 1.807) is 0 Å². The second-order valence-electron chi connectivity index (χ2n) is 5.38. The van der Waals surface area contributed by atoms with Crippen LogP contribution in [0, 0.1) is 3.57 Å². The van der Waals surface area contributed by atoms with Crippen LogP contribution in [0.2, 0.25) is 0 Å². The Bertz CT molecular complexity index is 820. The van der Waals surface area contributed by atoms with Gasteiger partial charge < -0.3 is 4.90 Å². The lowest BCUT2D eigenvalue weighted by Gasteiger charge is -2.11. The van der Waals surface area contributed by atoms with Crippen molar-refractivity contribution in [3.63, 3.8) is 0 Å². The van der Waals surface area contributed by atoms with Crippen molar-refractivity contribution in [3.05, 3.63) is 69.4 Å². The maximum absolute atomic E-state index is 4.43. The van der Waals surface area contributed by atoms with Gasteiger partial charge in [0.05, 0.1) is 5.52 Å². The summed E-state index contributed by atoms with van der Waals surface area (Å²) < 4.78 is 1.23. The Hall–Kier alpha value is -1.88. The summed E-state index contributed by atoms with van der Waals surface area (Å²) in [5.74, 6) is 0. The molecule has 0 fully saturated rings. The summed E-state index contributed by atoms with van der Waals surface area (Å²) in [4.78, 5) is 6.53. The molecule has 0 saturated carbocycles. The summed E-state index contributed by atoms with van der Waals surface area (Å²) in [5, 5.41) is 1.19. The summed E-state index contributed by atoms with van der Waals surface area (Å²) in [5.41, 5.74) is 4.63. The molecule has 0 atom stereocenters. The lowest BCUT2D eigenvalue weighted by Crippen LogP contribution is -2.07. The van der Waals surface area contributed by atoms with E-state index in [9.17, 15) is 0 Å². The number of fused-ring (bicyclic) bond motifs is 1. The molecule has 3 rings (SSSR count). The molecule has 0 radical (unpaired) electrons. The van der Waals surface area contributed by atoms with Gasteiger partial charge in [0.1, 0.15) is 0 Å². The summed E-state index contributed by atoms with van der Waals surface area (Å²) >= 11 is 2.34. The van der Waals surface area contributed by atoms with Crippen molar-refractivity contribution in [2.45, 2.75) is 0 Å². The predicted octanol–water partition coefficient (Wildman–Crippen LogP) is 5.08. The molecule has 0 unspecified atom stereocenters. The van der Waals surface area contributed by atoms with E-state index in [0.29, 0.717) is 0 Å². The van der Waals surface area contributed by atoms with Crippen LogP contribution in [0.5, 0.6) is 0 Å². The van der Waals surface area contributed by atoms with Crippen LogP contribution in [0.15, 0.2) is 54.7 Å². The SMILES string of the molecule is CN(C)c1ccc(C=Cc2ccnc3ccc(I)cc23)cc1. The van der Waals surface area contributed by atoms with Gasteiger partial charge in [0.15, 0.2) is 0 Å². The fraction of sp³-hybridized carbons (Fsp3) is 0.105. The molecule has 0 spiro atoms. The zero-order valence-electron chi connectivity index (χ0n) is 12.6. The molecular formula is C19H17IN2. The van der Waals surface area contributed by atoms with E-state index in [-0.39, 0.29) is 0 Å². The number of aromatic nitrogens is 1. The second kappa shape index (κ2) is 6.48. The lowest BCUT2D eigenvalue weighted by molar-refractivity contribution is 1.13. The van der Waals surface area contributed by atoms with Gasteiger partial charge >= 0.3 is 0 Å². The van der Waals surface area contributed by atoms with Gasteiger partial charge in [0.25, 0.3) is 0 Å². The van der Waals surface area contributed by atoms with E-state index in [2.05, 4.69) is 107 Å². The third kappa shape index (κ3) is 3.30. The van der Waals surface area contributed by atoms with Gasteiger partial charge in [-0.25, -0.2) is 0 Å². The van der Waals surface area contributed by atoms with Crippen LogP contribution >= 0.6 is 22.6 Å². The molecule has 0 saturated heterocycles. The smallest absolute Gasteiger partial charge is 0.0708 e. The first-order valence-electron chi connectivity index (χ1n) is 7.13. The molecule has 0 N–H and O–H groups in total. The van der Waals surface area contributed by atoms with Crippen LogP contribution < -0.4 is 4.90 Å². The molecule has 1 heterocycles. The predicted molar refractivity (Wildman–Crippen MR) is 104 cm³/mol. The minimum Gasteiger partial charge on any atom is -0.378 e. The molecule has 3 aromatic rings. The molecule has 0 aliphatic heterocycles. The topological polar surface area (TPSA) is 16.1 Å². The maximum Gasteiger partial charge on any atom is 0.0708 e. The maximum atomic E-state index is 4.43. The molecule has 0 amide bonds. The first kappa shape index (κ1) is 15.0. The van der Waals surface area contributed by atoms with E-state index in [1.807, 2.05) is 6.20 Å². The van der Waals surface area contributed by atoms with E-state index < -0.39 is 0 Å². The number of halogens is 1. The van der Waals surface area contributed by atoms with Crippen LogP contribution in [-0.4, -0.2) is 19.1 Å². The van der Waals surface area contributed by atoms with Crippen molar-refractivity contribution in [2.24, 2.45) is 0 Å². The molecule has 3 heteroatoms. The highest BCUT2D eigenvalue weighted by molar-refractivity contribution is 14.1. The van der Waals surface area contributed by atoms with Crippen molar-refractivity contribution in [1.82, 2.24) is 4.98 Å². The molecule has 0 aliphatic carbocycles. The van der Waals surface area contributed by atoms with Crippen molar-refractivity contribution in [3.8, 4) is 0 Å². The normalized spacial score (nSPS) is 11.2. The molecule has 22 heavy (non-hydrogen) atoms. The minimum atomic E-state index is 1.03.